The molecule has 0 radical (unpaired) electrons. The molecule has 0 unspecified atom stereocenters. The van der Waals surface area contributed by atoms with Crippen molar-refractivity contribution in [3.63, 3.8) is 0 Å². The molecule has 4 heteroatoms. The number of benzene rings is 5. The molecule has 5 aromatic carbocycles. The van der Waals surface area contributed by atoms with Crippen LogP contribution in [0.15, 0.2) is 156 Å². The maximum Gasteiger partial charge on any atom is 0.189 e. The van der Waals surface area contributed by atoms with Crippen LogP contribution in [0.2, 0.25) is 0 Å². The largest absolute Gasteiger partial charge is 0.318 e. The lowest BCUT2D eigenvalue weighted by Gasteiger charge is -2.37. The number of aryl methyl sites for hydroxylation is 1. The van der Waals surface area contributed by atoms with E-state index in [9.17, 15) is 4.79 Å². The Morgan fingerprint density at radius 2 is 1.30 bits per heavy atom. The summed E-state index contributed by atoms with van der Waals surface area (Å²) in [6, 6.07) is 46.3. The first kappa shape index (κ1) is 27.9. The van der Waals surface area contributed by atoms with E-state index in [1.54, 1.807) is 11.8 Å². The second-order valence-corrected chi connectivity index (χ2v) is 12.0. The number of carbonyl (C=O) groups excluding carboxylic acids is 1. The molecule has 0 N–H and O–H groups in total. The highest BCUT2D eigenvalue weighted by Gasteiger charge is 2.38. The van der Waals surface area contributed by atoms with E-state index in [-0.39, 0.29) is 5.78 Å². The van der Waals surface area contributed by atoms with Crippen molar-refractivity contribution in [3.8, 4) is 11.3 Å². The van der Waals surface area contributed by atoms with Crippen molar-refractivity contribution in [2.75, 3.05) is 6.26 Å². The van der Waals surface area contributed by atoms with Crippen LogP contribution in [0.1, 0.15) is 44.6 Å². The summed E-state index contributed by atoms with van der Waals surface area (Å²) in [5.41, 5.74) is 8.46. The quantitative estimate of drug-likeness (QED) is 0.106. The molecule has 6 aromatic rings. The molecular weight excluding hydrogens is 557 g/mol. The second-order valence-electron chi connectivity index (χ2n) is 11.1. The first-order valence-electron chi connectivity index (χ1n) is 14.9. The molecule has 0 amide bonds. The summed E-state index contributed by atoms with van der Waals surface area (Å²) in [6.07, 6.45) is 9.82. The van der Waals surface area contributed by atoms with Crippen molar-refractivity contribution in [2.45, 2.75) is 23.3 Å². The minimum atomic E-state index is -0.638. The summed E-state index contributed by atoms with van der Waals surface area (Å²) in [5.74, 6) is 0.121. The van der Waals surface area contributed by atoms with E-state index < -0.39 is 5.54 Å². The molecule has 1 aliphatic carbocycles. The number of aromatic nitrogens is 2. The molecule has 0 atom stereocenters. The molecule has 0 aliphatic heterocycles. The van der Waals surface area contributed by atoms with E-state index >= 15 is 0 Å². The Bertz CT molecular complexity index is 1860. The number of fused-ring (bicyclic) bond motifs is 1. The van der Waals surface area contributed by atoms with Crippen LogP contribution in [-0.2, 0) is 12.0 Å². The van der Waals surface area contributed by atoms with Crippen molar-refractivity contribution in [1.29, 1.82) is 0 Å². The van der Waals surface area contributed by atoms with E-state index in [2.05, 4.69) is 132 Å². The SMILES string of the molecule is CSc1ccc2c(c1)CC/C(=C\c1ccccc1-c1cn(C(c3ccccc3)(c3ccccc3)c3ccccc3)cn1)C2=O. The van der Waals surface area contributed by atoms with E-state index in [4.69, 9.17) is 4.98 Å². The highest BCUT2D eigenvalue weighted by Crippen LogP contribution is 2.42. The van der Waals surface area contributed by atoms with E-state index in [1.807, 2.05) is 30.6 Å². The zero-order chi connectivity index (χ0) is 29.9. The van der Waals surface area contributed by atoms with Crippen LogP contribution < -0.4 is 0 Å². The van der Waals surface area contributed by atoms with Gasteiger partial charge in [-0.05, 0) is 71.2 Å². The highest BCUT2D eigenvalue weighted by atomic mass is 32.2. The van der Waals surface area contributed by atoms with Crippen LogP contribution in [0, 0.1) is 0 Å². The van der Waals surface area contributed by atoms with Gasteiger partial charge >= 0.3 is 0 Å². The molecule has 0 fully saturated rings. The summed E-state index contributed by atoms with van der Waals surface area (Å²) in [6.45, 7) is 0. The van der Waals surface area contributed by atoms with Gasteiger partial charge in [0.1, 0.15) is 5.54 Å². The fourth-order valence-corrected chi connectivity index (χ4v) is 6.96. The average molecular weight is 589 g/mol. The smallest absolute Gasteiger partial charge is 0.189 e. The summed E-state index contributed by atoms with van der Waals surface area (Å²) in [7, 11) is 0. The molecule has 0 spiro atoms. The van der Waals surface area contributed by atoms with Crippen molar-refractivity contribution >= 4 is 23.6 Å². The zero-order valence-electron chi connectivity index (χ0n) is 24.6. The number of allylic oxidation sites excluding steroid dienone is 1. The maximum absolute atomic E-state index is 13.6. The summed E-state index contributed by atoms with van der Waals surface area (Å²) in [4.78, 5) is 19.8. The van der Waals surface area contributed by atoms with Gasteiger partial charge in [0.2, 0.25) is 0 Å². The van der Waals surface area contributed by atoms with Gasteiger partial charge in [-0.2, -0.15) is 0 Å². The van der Waals surface area contributed by atoms with Gasteiger partial charge in [-0.1, -0.05) is 115 Å². The van der Waals surface area contributed by atoms with Crippen molar-refractivity contribution in [2.24, 2.45) is 0 Å². The van der Waals surface area contributed by atoms with Crippen LogP contribution in [0.4, 0.5) is 0 Å². The van der Waals surface area contributed by atoms with E-state index in [1.165, 1.54) is 4.90 Å². The first-order valence-corrected chi connectivity index (χ1v) is 16.1. The standard InChI is InChI=1S/C40H32N2OS/c1-44-35-23-24-37-30(26-35)21-22-31(39(37)43)25-29-13-11-12-20-36(29)38-27-42(28-41-38)40(32-14-5-2-6-15-32,33-16-7-3-8-17-33)34-18-9-4-10-19-34/h2-20,23-28H,21-22H2,1H3/b31-25+. The third kappa shape index (κ3) is 4.91. The van der Waals surface area contributed by atoms with Crippen molar-refractivity contribution < 1.29 is 4.79 Å². The number of imidazole rings is 1. The van der Waals surface area contributed by atoms with Gasteiger partial charge in [-0.15, -0.1) is 11.8 Å². The number of nitrogens with zero attached hydrogens (tertiary/aromatic N) is 2. The number of Topliss-reactive ketones (excluding diaryl/α,β-unsaturated/α-hetero) is 1. The number of carbonyl (C=O) groups is 1. The summed E-state index contributed by atoms with van der Waals surface area (Å²) < 4.78 is 2.23. The molecule has 0 bridgehead atoms. The average Bonchev–Trinajstić information content (AvgIpc) is 3.58. The number of hydrogen-bond acceptors (Lipinski definition) is 3. The van der Waals surface area contributed by atoms with Gasteiger partial charge in [0.25, 0.3) is 0 Å². The minimum absolute atomic E-state index is 0.121. The van der Waals surface area contributed by atoms with Gasteiger partial charge in [-0.25, -0.2) is 4.98 Å². The molecule has 7 rings (SSSR count). The Hall–Kier alpha value is -4.93. The molecule has 1 heterocycles. The lowest BCUT2D eigenvalue weighted by Crippen LogP contribution is -2.36. The lowest BCUT2D eigenvalue weighted by molar-refractivity contribution is 0.102. The monoisotopic (exact) mass is 588 g/mol. The topological polar surface area (TPSA) is 34.9 Å². The van der Waals surface area contributed by atoms with Crippen molar-refractivity contribution in [1.82, 2.24) is 9.55 Å². The molecule has 0 saturated heterocycles. The second kappa shape index (κ2) is 12.0. The molecule has 1 aromatic heterocycles. The van der Waals surface area contributed by atoms with Gasteiger partial charge in [-0.3, -0.25) is 4.79 Å². The first-order chi connectivity index (χ1) is 21.7. The fourth-order valence-electron chi connectivity index (χ4n) is 6.49. The summed E-state index contributed by atoms with van der Waals surface area (Å²) in [5, 5.41) is 0. The van der Waals surface area contributed by atoms with Crippen LogP contribution >= 0.6 is 11.8 Å². The molecule has 3 nitrogen and oxygen atoms in total. The Labute approximate surface area is 262 Å². The Balaban J connectivity index is 1.35. The van der Waals surface area contributed by atoms with Crippen LogP contribution in [0.3, 0.4) is 0 Å². The number of hydrogen-bond donors (Lipinski definition) is 0. The van der Waals surface area contributed by atoms with Gasteiger partial charge < -0.3 is 4.57 Å². The third-order valence-corrected chi connectivity index (χ3v) is 9.35. The molecule has 0 saturated carbocycles. The van der Waals surface area contributed by atoms with Gasteiger partial charge in [0, 0.05) is 27.8 Å². The fraction of sp³-hybridized carbons (Fsp3) is 0.100. The molecule has 1 aliphatic rings. The van der Waals surface area contributed by atoms with Crippen LogP contribution in [-0.4, -0.2) is 21.6 Å². The minimum Gasteiger partial charge on any atom is -0.318 e. The number of rotatable bonds is 7. The predicted molar refractivity (Wildman–Crippen MR) is 181 cm³/mol. The molecular formula is C40H32N2OS. The highest BCUT2D eigenvalue weighted by molar-refractivity contribution is 7.98. The Morgan fingerprint density at radius 1 is 0.705 bits per heavy atom. The molecule has 214 valence electrons. The van der Waals surface area contributed by atoms with Crippen molar-refractivity contribution in [3.05, 3.63) is 185 Å². The summed E-state index contributed by atoms with van der Waals surface area (Å²) >= 11 is 1.71. The predicted octanol–water partition coefficient (Wildman–Crippen LogP) is 9.32. The lowest BCUT2D eigenvalue weighted by atomic mass is 9.77. The molecule has 44 heavy (non-hydrogen) atoms. The normalized spacial score (nSPS) is 14.0. The van der Waals surface area contributed by atoms with Gasteiger partial charge in [0.15, 0.2) is 5.78 Å². The van der Waals surface area contributed by atoms with Crippen LogP contribution in [0.25, 0.3) is 17.3 Å². The van der Waals surface area contributed by atoms with Crippen LogP contribution in [0.5, 0.6) is 0 Å². The number of ketones is 1. The Kier molecular flexibility index (Phi) is 7.59. The van der Waals surface area contributed by atoms with Gasteiger partial charge in [0.05, 0.1) is 12.0 Å². The Morgan fingerprint density at radius 3 is 1.91 bits per heavy atom. The number of thioether (sulfide) groups is 1. The maximum atomic E-state index is 13.6. The zero-order valence-corrected chi connectivity index (χ0v) is 25.4. The van der Waals surface area contributed by atoms with E-state index in [0.717, 1.165) is 63.1 Å². The van der Waals surface area contributed by atoms with E-state index in [0.29, 0.717) is 0 Å². The third-order valence-electron chi connectivity index (χ3n) is 8.62.